The first-order valence-corrected chi connectivity index (χ1v) is 6.53. The van der Waals surface area contributed by atoms with E-state index in [9.17, 15) is 0 Å². The molecular formula is C12H25N3O. The van der Waals surface area contributed by atoms with Crippen molar-refractivity contribution in [3.63, 3.8) is 0 Å². The summed E-state index contributed by atoms with van der Waals surface area (Å²) in [6.45, 7) is 13.3. The van der Waals surface area contributed by atoms with Gasteiger partial charge in [0.1, 0.15) is 0 Å². The summed E-state index contributed by atoms with van der Waals surface area (Å²) in [4.78, 5) is 5.12. The Labute approximate surface area is 98.9 Å². The van der Waals surface area contributed by atoms with Gasteiger partial charge >= 0.3 is 0 Å². The van der Waals surface area contributed by atoms with Gasteiger partial charge in [-0.1, -0.05) is 0 Å². The number of piperazine rings is 1. The van der Waals surface area contributed by atoms with Gasteiger partial charge in [-0.3, -0.25) is 9.80 Å². The smallest absolute Gasteiger partial charge is 0.0594 e. The summed E-state index contributed by atoms with van der Waals surface area (Å²) in [6.07, 6.45) is 0. The number of hydrogen-bond acceptors (Lipinski definition) is 4. The molecule has 0 aliphatic carbocycles. The average Bonchev–Trinajstić information content (AvgIpc) is 2.32. The highest BCUT2D eigenvalue weighted by Gasteiger charge is 2.22. The molecule has 0 spiro atoms. The first-order valence-electron chi connectivity index (χ1n) is 6.53. The molecule has 2 rings (SSSR count). The van der Waals surface area contributed by atoms with Crippen LogP contribution in [0.15, 0.2) is 0 Å². The van der Waals surface area contributed by atoms with E-state index in [1.807, 2.05) is 0 Å². The molecule has 2 aliphatic rings. The summed E-state index contributed by atoms with van der Waals surface area (Å²) in [6, 6.07) is 1.32. The minimum atomic E-state index is 0.640. The van der Waals surface area contributed by atoms with Crippen LogP contribution in [-0.4, -0.2) is 74.4 Å². The molecular weight excluding hydrogens is 202 g/mol. The molecule has 2 unspecified atom stereocenters. The highest BCUT2D eigenvalue weighted by molar-refractivity contribution is 4.82. The summed E-state index contributed by atoms with van der Waals surface area (Å²) < 4.78 is 5.36. The summed E-state index contributed by atoms with van der Waals surface area (Å²) >= 11 is 0. The maximum Gasteiger partial charge on any atom is 0.0594 e. The zero-order chi connectivity index (χ0) is 11.4. The molecule has 0 bridgehead atoms. The van der Waals surface area contributed by atoms with Crippen molar-refractivity contribution >= 4 is 0 Å². The molecule has 2 heterocycles. The van der Waals surface area contributed by atoms with Crippen LogP contribution in [0.2, 0.25) is 0 Å². The number of ether oxygens (including phenoxy) is 1. The van der Waals surface area contributed by atoms with Crippen LogP contribution in [0.1, 0.15) is 13.8 Å². The van der Waals surface area contributed by atoms with E-state index in [-0.39, 0.29) is 0 Å². The van der Waals surface area contributed by atoms with Crippen molar-refractivity contribution in [3.8, 4) is 0 Å². The number of morpholine rings is 1. The topological polar surface area (TPSA) is 27.7 Å². The third kappa shape index (κ3) is 3.42. The molecule has 0 radical (unpaired) electrons. The van der Waals surface area contributed by atoms with Crippen LogP contribution in [0.5, 0.6) is 0 Å². The largest absolute Gasteiger partial charge is 0.379 e. The van der Waals surface area contributed by atoms with Crippen LogP contribution >= 0.6 is 0 Å². The molecule has 0 aromatic carbocycles. The molecule has 0 aromatic rings. The van der Waals surface area contributed by atoms with Gasteiger partial charge in [-0.15, -0.1) is 0 Å². The van der Waals surface area contributed by atoms with Crippen molar-refractivity contribution < 1.29 is 4.74 Å². The molecule has 94 valence electrons. The van der Waals surface area contributed by atoms with Gasteiger partial charge in [0.15, 0.2) is 0 Å². The van der Waals surface area contributed by atoms with Gasteiger partial charge in [0.2, 0.25) is 0 Å². The molecule has 0 aromatic heterocycles. The standard InChI is InChI=1S/C12H25N3O/c1-11-10-15(12(2)9-13-11)4-3-14-5-7-16-8-6-14/h11-13H,3-10H2,1-2H3. The van der Waals surface area contributed by atoms with Crippen molar-refractivity contribution in [1.82, 2.24) is 15.1 Å². The fourth-order valence-electron chi connectivity index (χ4n) is 2.50. The lowest BCUT2D eigenvalue weighted by molar-refractivity contribution is 0.0285. The van der Waals surface area contributed by atoms with Crippen molar-refractivity contribution in [1.29, 1.82) is 0 Å². The van der Waals surface area contributed by atoms with Gasteiger partial charge in [-0.25, -0.2) is 0 Å². The summed E-state index contributed by atoms with van der Waals surface area (Å²) in [5.41, 5.74) is 0. The minimum absolute atomic E-state index is 0.640. The van der Waals surface area contributed by atoms with E-state index in [0.717, 1.165) is 32.8 Å². The zero-order valence-electron chi connectivity index (χ0n) is 10.6. The van der Waals surface area contributed by atoms with E-state index in [1.165, 1.54) is 19.6 Å². The van der Waals surface area contributed by atoms with Crippen molar-refractivity contribution in [2.45, 2.75) is 25.9 Å². The lowest BCUT2D eigenvalue weighted by Gasteiger charge is -2.39. The first kappa shape index (κ1) is 12.3. The molecule has 2 atom stereocenters. The zero-order valence-corrected chi connectivity index (χ0v) is 10.6. The summed E-state index contributed by atoms with van der Waals surface area (Å²) in [5.74, 6) is 0. The maximum atomic E-state index is 5.36. The Kier molecular flexibility index (Phi) is 4.58. The molecule has 4 heteroatoms. The van der Waals surface area contributed by atoms with Gasteiger partial charge in [-0.2, -0.15) is 0 Å². The molecule has 1 N–H and O–H groups in total. The van der Waals surface area contributed by atoms with Gasteiger partial charge in [0, 0.05) is 51.4 Å². The van der Waals surface area contributed by atoms with E-state index < -0.39 is 0 Å². The molecule has 2 fully saturated rings. The molecule has 2 aliphatic heterocycles. The van der Waals surface area contributed by atoms with Crippen LogP contribution < -0.4 is 5.32 Å². The lowest BCUT2D eigenvalue weighted by atomic mass is 10.1. The monoisotopic (exact) mass is 227 g/mol. The quantitative estimate of drug-likeness (QED) is 0.734. The van der Waals surface area contributed by atoms with E-state index in [1.54, 1.807) is 0 Å². The second kappa shape index (κ2) is 5.96. The predicted octanol–water partition coefficient (Wildman–Crippen LogP) is 0.000800. The van der Waals surface area contributed by atoms with Crippen molar-refractivity contribution in [3.05, 3.63) is 0 Å². The van der Waals surface area contributed by atoms with Gasteiger partial charge in [0.05, 0.1) is 13.2 Å². The van der Waals surface area contributed by atoms with Crippen LogP contribution in [0.4, 0.5) is 0 Å². The molecule has 4 nitrogen and oxygen atoms in total. The number of rotatable bonds is 3. The van der Waals surface area contributed by atoms with Gasteiger partial charge in [0.25, 0.3) is 0 Å². The van der Waals surface area contributed by atoms with E-state index >= 15 is 0 Å². The van der Waals surface area contributed by atoms with Crippen LogP contribution in [0, 0.1) is 0 Å². The highest BCUT2D eigenvalue weighted by atomic mass is 16.5. The van der Waals surface area contributed by atoms with E-state index in [4.69, 9.17) is 4.74 Å². The summed E-state index contributed by atoms with van der Waals surface area (Å²) in [5, 5.41) is 3.52. The van der Waals surface area contributed by atoms with Crippen LogP contribution in [-0.2, 0) is 4.74 Å². The third-order valence-electron chi connectivity index (χ3n) is 3.70. The Morgan fingerprint density at radius 2 is 1.94 bits per heavy atom. The Bertz CT molecular complexity index is 206. The van der Waals surface area contributed by atoms with Gasteiger partial charge < -0.3 is 10.1 Å². The third-order valence-corrected chi connectivity index (χ3v) is 3.70. The maximum absolute atomic E-state index is 5.36. The molecule has 16 heavy (non-hydrogen) atoms. The average molecular weight is 227 g/mol. The SMILES string of the molecule is CC1CN(CCN2CCOCC2)C(C)CN1. The number of nitrogens with one attached hydrogen (secondary N) is 1. The minimum Gasteiger partial charge on any atom is -0.379 e. The number of nitrogens with zero attached hydrogens (tertiary/aromatic N) is 2. The van der Waals surface area contributed by atoms with E-state index in [2.05, 4.69) is 29.0 Å². The van der Waals surface area contributed by atoms with Crippen LogP contribution in [0.25, 0.3) is 0 Å². The van der Waals surface area contributed by atoms with E-state index in [0.29, 0.717) is 12.1 Å². The Hall–Kier alpha value is -0.160. The molecule has 0 amide bonds. The summed E-state index contributed by atoms with van der Waals surface area (Å²) in [7, 11) is 0. The highest BCUT2D eigenvalue weighted by Crippen LogP contribution is 2.07. The predicted molar refractivity (Wildman–Crippen MR) is 65.8 cm³/mol. The van der Waals surface area contributed by atoms with Crippen LogP contribution in [0.3, 0.4) is 0 Å². The second-order valence-corrected chi connectivity index (χ2v) is 5.11. The Morgan fingerprint density at radius 1 is 1.19 bits per heavy atom. The van der Waals surface area contributed by atoms with Crippen molar-refractivity contribution in [2.75, 3.05) is 52.5 Å². The lowest BCUT2D eigenvalue weighted by Crippen LogP contribution is -2.56. The second-order valence-electron chi connectivity index (χ2n) is 5.11. The van der Waals surface area contributed by atoms with Gasteiger partial charge in [-0.05, 0) is 13.8 Å². The van der Waals surface area contributed by atoms with Crippen molar-refractivity contribution in [2.24, 2.45) is 0 Å². The Morgan fingerprint density at radius 3 is 2.69 bits per heavy atom. The first-order chi connectivity index (χ1) is 7.75. The molecule has 0 saturated carbocycles. The number of hydrogen-bond donors (Lipinski definition) is 1. The fourth-order valence-corrected chi connectivity index (χ4v) is 2.50. The normalized spacial score (nSPS) is 34.1. The fraction of sp³-hybridized carbons (Fsp3) is 1.00. The molecule has 2 saturated heterocycles. The Balaban J connectivity index is 1.71.